The van der Waals surface area contributed by atoms with E-state index in [1.165, 1.54) is 51.7 Å². The van der Waals surface area contributed by atoms with Crippen LogP contribution in [-0.4, -0.2) is 28.6 Å². The number of aromatic amines is 1. The van der Waals surface area contributed by atoms with Crippen LogP contribution in [0.15, 0.2) is 18.2 Å². The van der Waals surface area contributed by atoms with E-state index < -0.39 is 0 Å². The number of methoxy groups -OCH3 is 1. The highest BCUT2D eigenvalue weighted by Crippen LogP contribution is 2.38. The van der Waals surface area contributed by atoms with E-state index in [-0.39, 0.29) is 0 Å². The van der Waals surface area contributed by atoms with Crippen molar-refractivity contribution in [1.29, 1.82) is 0 Å². The van der Waals surface area contributed by atoms with Crippen molar-refractivity contribution in [2.45, 2.75) is 46.0 Å². The summed E-state index contributed by atoms with van der Waals surface area (Å²) in [6.45, 7) is 4.96. The van der Waals surface area contributed by atoms with Crippen LogP contribution in [0.4, 0.5) is 5.82 Å². The standard InChI is InChI=1S/C23H26N4OS/c1-13-16(18-12-15(28-3)8-9-19(18)25-13)10-11-24-22-21-17-6-4-5-7-20(17)29-23(21)27-14(2)26-22/h8-9,12,25H,4-7,10-11H2,1-3H3,(H,24,26,27). The number of thiophene rings is 1. The Morgan fingerprint density at radius 2 is 2.03 bits per heavy atom. The van der Waals surface area contributed by atoms with Gasteiger partial charge in [0.25, 0.3) is 0 Å². The van der Waals surface area contributed by atoms with Gasteiger partial charge < -0.3 is 15.0 Å². The summed E-state index contributed by atoms with van der Waals surface area (Å²) in [5.74, 6) is 2.73. The third-order valence-electron chi connectivity index (χ3n) is 5.92. The van der Waals surface area contributed by atoms with E-state index in [9.17, 15) is 0 Å². The van der Waals surface area contributed by atoms with Gasteiger partial charge in [0, 0.05) is 28.0 Å². The van der Waals surface area contributed by atoms with Crippen molar-refractivity contribution in [3.05, 3.63) is 45.7 Å². The molecule has 0 fully saturated rings. The van der Waals surface area contributed by atoms with E-state index in [0.717, 1.165) is 47.1 Å². The zero-order valence-corrected chi connectivity index (χ0v) is 18.0. The molecule has 1 aromatic carbocycles. The molecule has 0 aliphatic heterocycles. The van der Waals surface area contributed by atoms with Crippen molar-refractivity contribution in [3.8, 4) is 5.75 Å². The maximum absolute atomic E-state index is 5.42. The Hall–Kier alpha value is -2.60. The number of hydrogen-bond acceptors (Lipinski definition) is 5. The molecule has 0 saturated heterocycles. The Balaban J connectivity index is 1.44. The van der Waals surface area contributed by atoms with Crippen molar-refractivity contribution < 1.29 is 4.74 Å². The van der Waals surface area contributed by atoms with E-state index in [2.05, 4.69) is 29.4 Å². The molecule has 6 heteroatoms. The van der Waals surface area contributed by atoms with E-state index in [1.807, 2.05) is 24.3 Å². The van der Waals surface area contributed by atoms with Gasteiger partial charge in [-0.2, -0.15) is 0 Å². The quantitative estimate of drug-likeness (QED) is 0.470. The van der Waals surface area contributed by atoms with Gasteiger partial charge in [-0.25, -0.2) is 9.97 Å². The number of aromatic nitrogens is 3. The third kappa shape index (κ3) is 3.25. The van der Waals surface area contributed by atoms with E-state index in [0.29, 0.717) is 0 Å². The molecule has 1 aliphatic carbocycles. The highest BCUT2D eigenvalue weighted by molar-refractivity contribution is 7.19. The van der Waals surface area contributed by atoms with Gasteiger partial charge in [-0.1, -0.05) is 0 Å². The first-order valence-corrected chi connectivity index (χ1v) is 11.1. The second-order valence-electron chi connectivity index (χ2n) is 7.83. The Morgan fingerprint density at radius 3 is 2.90 bits per heavy atom. The van der Waals surface area contributed by atoms with Crippen LogP contribution >= 0.6 is 11.3 Å². The van der Waals surface area contributed by atoms with Gasteiger partial charge in [0.05, 0.1) is 12.5 Å². The minimum absolute atomic E-state index is 0.835. The van der Waals surface area contributed by atoms with Crippen LogP contribution in [0.1, 0.15) is 40.4 Å². The van der Waals surface area contributed by atoms with Gasteiger partial charge in [0.15, 0.2) is 0 Å². The molecule has 150 valence electrons. The average Bonchev–Trinajstić information content (AvgIpc) is 3.24. The average molecular weight is 407 g/mol. The lowest BCUT2D eigenvalue weighted by Gasteiger charge is -2.13. The first-order chi connectivity index (χ1) is 14.1. The number of hydrogen-bond donors (Lipinski definition) is 2. The summed E-state index contributed by atoms with van der Waals surface area (Å²) in [5.41, 5.74) is 5.19. The van der Waals surface area contributed by atoms with Crippen molar-refractivity contribution >= 4 is 38.3 Å². The monoisotopic (exact) mass is 406 g/mol. The molecule has 29 heavy (non-hydrogen) atoms. The number of nitrogens with zero attached hydrogens (tertiary/aromatic N) is 2. The summed E-state index contributed by atoms with van der Waals surface area (Å²) in [6.07, 6.45) is 5.82. The summed E-state index contributed by atoms with van der Waals surface area (Å²) < 4.78 is 5.42. The van der Waals surface area contributed by atoms with E-state index >= 15 is 0 Å². The lowest BCUT2D eigenvalue weighted by atomic mass is 9.97. The molecule has 5 nitrogen and oxygen atoms in total. The topological polar surface area (TPSA) is 62.8 Å². The molecule has 0 bridgehead atoms. The van der Waals surface area contributed by atoms with E-state index in [4.69, 9.17) is 14.7 Å². The molecular weight excluding hydrogens is 380 g/mol. The minimum atomic E-state index is 0.835. The van der Waals surface area contributed by atoms with Gasteiger partial charge in [-0.15, -0.1) is 11.3 Å². The highest BCUT2D eigenvalue weighted by atomic mass is 32.1. The first-order valence-electron chi connectivity index (χ1n) is 10.3. The molecule has 3 heterocycles. The third-order valence-corrected chi connectivity index (χ3v) is 7.11. The predicted molar refractivity (Wildman–Crippen MR) is 121 cm³/mol. The van der Waals surface area contributed by atoms with Crippen LogP contribution < -0.4 is 10.1 Å². The lowest BCUT2D eigenvalue weighted by molar-refractivity contribution is 0.415. The first kappa shape index (κ1) is 18.4. The number of ether oxygens (including phenoxy) is 1. The Bertz CT molecular complexity index is 1210. The fraction of sp³-hybridized carbons (Fsp3) is 0.391. The summed E-state index contributed by atoms with van der Waals surface area (Å²) in [5, 5.41) is 6.13. The van der Waals surface area contributed by atoms with Gasteiger partial charge >= 0.3 is 0 Å². The molecule has 0 amide bonds. The molecule has 0 unspecified atom stereocenters. The molecule has 2 N–H and O–H groups in total. The second kappa shape index (κ2) is 7.34. The van der Waals surface area contributed by atoms with Crippen LogP contribution in [0.3, 0.4) is 0 Å². The van der Waals surface area contributed by atoms with Crippen LogP contribution in [0, 0.1) is 13.8 Å². The van der Waals surface area contributed by atoms with Gasteiger partial charge in [-0.05, 0) is 75.3 Å². The second-order valence-corrected chi connectivity index (χ2v) is 8.91. The van der Waals surface area contributed by atoms with Crippen LogP contribution in [0.5, 0.6) is 5.75 Å². The Labute approximate surface area is 174 Å². The fourth-order valence-electron chi connectivity index (χ4n) is 4.51. The SMILES string of the molecule is COc1ccc2[nH]c(C)c(CCNc3nc(C)nc4sc5c(c34)CCCC5)c2c1. The zero-order valence-electron chi connectivity index (χ0n) is 17.2. The van der Waals surface area contributed by atoms with Crippen LogP contribution in [0.25, 0.3) is 21.1 Å². The predicted octanol–water partition coefficient (Wildman–Crippen LogP) is 5.33. The summed E-state index contributed by atoms with van der Waals surface area (Å²) in [6, 6.07) is 6.21. The molecule has 0 spiro atoms. The van der Waals surface area contributed by atoms with Crippen molar-refractivity contribution in [2.24, 2.45) is 0 Å². The Morgan fingerprint density at radius 1 is 1.17 bits per heavy atom. The number of aryl methyl sites for hydroxylation is 4. The number of fused-ring (bicyclic) bond motifs is 4. The summed E-state index contributed by atoms with van der Waals surface area (Å²) in [4.78, 5) is 15.6. The highest BCUT2D eigenvalue weighted by Gasteiger charge is 2.20. The zero-order chi connectivity index (χ0) is 20.0. The largest absolute Gasteiger partial charge is 0.497 e. The minimum Gasteiger partial charge on any atom is -0.497 e. The maximum Gasteiger partial charge on any atom is 0.138 e. The number of benzene rings is 1. The van der Waals surface area contributed by atoms with Crippen LogP contribution in [-0.2, 0) is 19.3 Å². The number of anilines is 1. The molecular formula is C23H26N4OS. The summed E-state index contributed by atoms with van der Waals surface area (Å²) in [7, 11) is 1.71. The molecule has 3 aromatic heterocycles. The lowest BCUT2D eigenvalue weighted by Crippen LogP contribution is -2.09. The molecule has 0 saturated carbocycles. The molecule has 1 aliphatic rings. The molecule has 4 aromatic rings. The summed E-state index contributed by atoms with van der Waals surface area (Å²) >= 11 is 1.86. The van der Waals surface area contributed by atoms with Crippen molar-refractivity contribution in [2.75, 3.05) is 19.0 Å². The molecule has 0 radical (unpaired) electrons. The van der Waals surface area contributed by atoms with Gasteiger partial charge in [0.1, 0.15) is 22.2 Å². The van der Waals surface area contributed by atoms with Crippen molar-refractivity contribution in [1.82, 2.24) is 15.0 Å². The normalized spacial score (nSPS) is 13.8. The maximum atomic E-state index is 5.42. The van der Waals surface area contributed by atoms with Gasteiger partial charge in [-0.3, -0.25) is 0 Å². The van der Waals surface area contributed by atoms with Gasteiger partial charge in [0.2, 0.25) is 0 Å². The van der Waals surface area contributed by atoms with E-state index in [1.54, 1.807) is 7.11 Å². The smallest absolute Gasteiger partial charge is 0.138 e. The molecule has 0 atom stereocenters. The number of rotatable bonds is 5. The van der Waals surface area contributed by atoms with Crippen molar-refractivity contribution in [3.63, 3.8) is 0 Å². The van der Waals surface area contributed by atoms with Crippen LogP contribution in [0.2, 0.25) is 0 Å². The molecule has 5 rings (SSSR count). The fourth-order valence-corrected chi connectivity index (χ4v) is 5.82. The Kier molecular flexibility index (Phi) is 4.66. The number of H-pyrrole nitrogens is 1. The number of nitrogens with one attached hydrogen (secondary N) is 2.